The van der Waals surface area contributed by atoms with Crippen LogP contribution < -0.4 is 25.1 Å². The zero-order chi connectivity index (χ0) is 21.2. The number of para-hydroxylation sites is 2. The largest absolute Gasteiger partial charge is 0.497 e. The highest BCUT2D eigenvalue weighted by Crippen LogP contribution is 2.18. The van der Waals surface area contributed by atoms with Crippen LogP contribution in [-0.4, -0.2) is 32.1 Å². The third-order valence-electron chi connectivity index (χ3n) is 4.13. The first-order chi connectivity index (χ1) is 14.7. The number of carbonyl (C=O) groups is 2. The monoisotopic (exact) mass is 406 g/mol. The van der Waals surface area contributed by atoms with E-state index in [1.807, 2.05) is 30.3 Å². The molecule has 7 nitrogen and oxygen atoms in total. The first kappa shape index (κ1) is 20.7. The fraction of sp³-hybridized carbons (Fsp3) is 0.130. The Bertz CT molecular complexity index is 974. The van der Waals surface area contributed by atoms with Gasteiger partial charge in [0.1, 0.15) is 30.5 Å². The summed E-state index contributed by atoms with van der Waals surface area (Å²) in [6.45, 7) is 0.589. The third kappa shape index (κ3) is 5.75. The number of amides is 2. The van der Waals surface area contributed by atoms with E-state index in [0.717, 1.165) is 5.75 Å². The van der Waals surface area contributed by atoms with Crippen LogP contribution in [0, 0.1) is 0 Å². The van der Waals surface area contributed by atoms with Crippen molar-refractivity contribution in [2.24, 2.45) is 0 Å². The van der Waals surface area contributed by atoms with Gasteiger partial charge in [0.25, 0.3) is 11.8 Å². The van der Waals surface area contributed by atoms with Gasteiger partial charge in [0.05, 0.1) is 12.7 Å². The second-order valence-corrected chi connectivity index (χ2v) is 6.14. The molecule has 2 N–H and O–H groups in total. The minimum absolute atomic E-state index is 0.261. The van der Waals surface area contributed by atoms with E-state index in [0.29, 0.717) is 29.2 Å². The molecule has 0 atom stereocenters. The molecule has 7 heteroatoms. The van der Waals surface area contributed by atoms with Crippen molar-refractivity contribution in [1.29, 1.82) is 0 Å². The molecule has 154 valence electrons. The summed E-state index contributed by atoms with van der Waals surface area (Å²) in [6, 6.07) is 22.7. The van der Waals surface area contributed by atoms with Gasteiger partial charge in [-0.15, -0.1) is 0 Å². The van der Waals surface area contributed by atoms with Crippen molar-refractivity contribution in [3.63, 3.8) is 0 Å². The Morgan fingerprint density at radius 3 is 2.07 bits per heavy atom. The normalized spacial score (nSPS) is 10.0. The lowest BCUT2D eigenvalue weighted by atomic mass is 10.2. The van der Waals surface area contributed by atoms with E-state index in [9.17, 15) is 9.59 Å². The average Bonchev–Trinajstić information content (AvgIpc) is 2.81. The minimum atomic E-state index is -0.489. The van der Waals surface area contributed by atoms with E-state index in [4.69, 9.17) is 14.2 Å². The standard InChI is InChI=1S/C23H22N2O5/c1-28-18-13-11-17(12-14-18)22(26)24-25-23(27)20-9-5-6-10-21(20)30-16-15-29-19-7-3-2-4-8-19/h2-14H,15-16H2,1H3,(H,24,26)(H,25,27). The molecule has 30 heavy (non-hydrogen) atoms. The Morgan fingerprint density at radius 1 is 0.700 bits per heavy atom. The van der Waals surface area contributed by atoms with Crippen molar-refractivity contribution in [3.8, 4) is 17.2 Å². The van der Waals surface area contributed by atoms with Gasteiger partial charge >= 0.3 is 0 Å². The Morgan fingerprint density at radius 2 is 1.33 bits per heavy atom. The second-order valence-electron chi connectivity index (χ2n) is 6.14. The van der Waals surface area contributed by atoms with E-state index in [-0.39, 0.29) is 6.61 Å². The summed E-state index contributed by atoms with van der Waals surface area (Å²) < 4.78 is 16.3. The Labute approximate surface area is 174 Å². The maximum absolute atomic E-state index is 12.5. The van der Waals surface area contributed by atoms with Crippen LogP contribution in [0.4, 0.5) is 0 Å². The van der Waals surface area contributed by atoms with Crippen molar-refractivity contribution in [2.75, 3.05) is 20.3 Å². The molecule has 0 aliphatic carbocycles. The SMILES string of the molecule is COc1ccc(C(=O)NNC(=O)c2ccccc2OCCOc2ccccc2)cc1. The van der Waals surface area contributed by atoms with Crippen molar-refractivity contribution < 1.29 is 23.8 Å². The molecule has 3 aromatic rings. The third-order valence-corrected chi connectivity index (χ3v) is 4.13. The molecule has 3 rings (SSSR count). The van der Waals surface area contributed by atoms with Gasteiger partial charge in [0, 0.05) is 5.56 Å². The molecule has 0 saturated carbocycles. The van der Waals surface area contributed by atoms with Gasteiger partial charge < -0.3 is 14.2 Å². The van der Waals surface area contributed by atoms with Crippen LogP contribution in [-0.2, 0) is 0 Å². The molecule has 0 fully saturated rings. The average molecular weight is 406 g/mol. The first-order valence-electron chi connectivity index (χ1n) is 9.32. The Kier molecular flexibility index (Phi) is 7.27. The van der Waals surface area contributed by atoms with Crippen LogP contribution >= 0.6 is 0 Å². The molecule has 0 unspecified atom stereocenters. The molecule has 3 aromatic carbocycles. The summed E-state index contributed by atoms with van der Waals surface area (Å²) >= 11 is 0. The van der Waals surface area contributed by atoms with E-state index < -0.39 is 11.8 Å². The zero-order valence-electron chi connectivity index (χ0n) is 16.5. The highest BCUT2D eigenvalue weighted by atomic mass is 16.5. The number of hydrogen-bond donors (Lipinski definition) is 2. The van der Waals surface area contributed by atoms with Crippen LogP contribution in [0.5, 0.6) is 17.2 Å². The maximum Gasteiger partial charge on any atom is 0.273 e. The van der Waals surface area contributed by atoms with Crippen molar-refractivity contribution in [1.82, 2.24) is 10.9 Å². The van der Waals surface area contributed by atoms with Gasteiger partial charge in [0.15, 0.2) is 0 Å². The lowest BCUT2D eigenvalue weighted by molar-refractivity contribution is 0.0843. The predicted octanol–water partition coefficient (Wildman–Crippen LogP) is 3.23. The van der Waals surface area contributed by atoms with E-state index >= 15 is 0 Å². The molecule has 0 heterocycles. The van der Waals surface area contributed by atoms with Crippen LogP contribution in [0.1, 0.15) is 20.7 Å². The fourth-order valence-electron chi connectivity index (χ4n) is 2.60. The smallest absolute Gasteiger partial charge is 0.273 e. The van der Waals surface area contributed by atoms with Crippen LogP contribution in [0.15, 0.2) is 78.9 Å². The lowest BCUT2D eigenvalue weighted by Gasteiger charge is -2.13. The van der Waals surface area contributed by atoms with Crippen LogP contribution in [0.3, 0.4) is 0 Å². The summed E-state index contributed by atoms with van der Waals surface area (Å²) in [4.78, 5) is 24.7. The molecule has 0 radical (unpaired) electrons. The first-order valence-corrected chi connectivity index (χ1v) is 9.32. The number of carbonyl (C=O) groups excluding carboxylic acids is 2. The maximum atomic E-state index is 12.5. The zero-order valence-corrected chi connectivity index (χ0v) is 16.5. The van der Waals surface area contributed by atoms with Gasteiger partial charge in [-0.05, 0) is 48.5 Å². The molecule has 2 amide bonds. The highest BCUT2D eigenvalue weighted by molar-refractivity contribution is 6.00. The Hall–Kier alpha value is -4.00. The summed E-state index contributed by atoms with van der Waals surface area (Å²) in [6.07, 6.45) is 0. The molecule has 0 saturated heterocycles. The number of benzene rings is 3. The number of hydrazine groups is 1. The van der Waals surface area contributed by atoms with E-state index in [1.165, 1.54) is 0 Å². The van der Waals surface area contributed by atoms with Gasteiger partial charge in [-0.3, -0.25) is 20.4 Å². The second kappa shape index (κ2) is 10.5. The lowest BCUT2D eigenvalue weighted by Crippen LogP contribution is -2.41. The Balaban J connectivity index is 1.52. The topological polar surface area (TPSA) is 85.9 Å². The fourth-order valence-corrected chi connectivity index (χ4v) is 2.60. The van der Waals surface area contributed by atoms with Crippen molar-refractivity contribution in [3.05, 3.63) is 90.0 Å². The van der Waals surface area contributed by atoms with Crippen LogP contribution in [0.2, 0.25) is 0 Å². The summed E-state index contributed by atoms with van der Waals surface area (Å²) in [5, 5.41) is 0. The van der Waals surface area contributed by atoms with E-state index in [1.54, 1.807) is 55.6 Å². The van der Waals surface area contributed by atoms with Gasteiger partial charge in [-0.25, -0.2) is 0 Å². The summed E-state index contributed by atoms with van der Waals surface area (Å²) in [5.41, 5.74) is 5.48. The van der Waals surface area contributed by atoms with Crippen LogP contribution in [0.25, 0.3) is 0 Å². The molecule has 0 aliphatic rings. The number of methoxy groups -OCH3 is 1. The van der Waals surface area contributed by atoms with Gasteiger partial charge in [-0.1, -0.05) is 30.3 Å². The molecular formula is C23H22N2O5. The van der Waals surface area contributed by atoms with Crippen molar-refractivity contribution >= 4 is 11.8 Å². The summed E-state index contributed by atoms with van der Waals surface area (Å²) in [7, 11) is 1.54. The highest BCUT2D eigenvalue weighted by Gasteiger charge is 2.14. The molecule has 0 bridgehead atoms. The molecule has 0 spiro atoms. The molecule has 0 aromatic heterocycles. The minimum Gasteiger partial charge on any atom is -0.497 e. The quantitative estimate of drug-likeness (QED) is 0.443. The van der Waals surface area contributed by atoms with Gasteiger partial charge in [0.2, 0.25) is 0 Å². The number of rotatable bonds is 8. The van der Waals surface area contributed by atoms with E-state index in [2.05, 4.69) is 10.9 Å². The number of ether oxygens (including phenoxy) is 3. The predicted molar refractivity (Wildman–Crippen MR) is 112 cm³/mol. The number of hydrogen-bond acceptors (Lipinski definition) is 5. The summed E-state index contributed by atoms with van der Waals surface area (Å²) in [5.74, 6) is 0.841. The number of nitrogens with one attached hydrogen (secondary N) is 2. The van der Waals surface area contributed by atoms with Gasteiger partial charge in [-0.2, -0.15) is 0 Å². The molecule has 0 aliphatic heterocycles. The molecular weight excluding hydrogens is 384 g/mol. The van der Waals surface area contributed by atoms with Crippen molar-refractivity contribution in [2.45, 2.75) is 0 Å².